The number of amides is 1. The molecule has 1 aliphatic rings. The number of primary sulfonamides is 1. The van der Waals surface area contributed by atoms with Gasteiger partial charge in [-0.25, -0.2) is 13.6 Å². The minimum absolute atomic E-state index is 0.0298. The number of rotatable bonds is 4. The largest absolute Gasteiger partial charge is 0.495 e. The minimum Gasteiger partial charge on any atom is -0.495 e. The minimum atomic E-state index is -3.85. The quantitative estimate of drug-likeness (QED) is 0.754. The van der Waals surface area contributed by atoms with E-state index in [1.165, 1.54) is 25.3 Å². The number of anilines is 1. The number of carbonyl (C=O) groups excluding carboxylic acids is 1. The van der Waals surface area contributed by atoms with E-state index in [2.05, 4.69) is 5.32 Å². The zero-order valence-corrected chi connectivity index (χ0v) is 13.2. The Balaban J connectivity index is 2.22. The van der Waals surface area contributed by atoms with Crippen molar-refractivity contribution in [3.63, 3.8) is 0 Å². The number of hydrogen-bond acceptors (Lipinski definition) is 5. The molecule has 0 aromatic heterocycles. The van der Waals surface area contributed by atoms with Crippen LogP contribution in [0.2, 0.25) is 0 Å². The van der Waals surface area contributed by atoms with Crippen LogP contribution in [0.4, 0.5) is 5.69 Å². The number of hydrogen-bond donors (Lipinski definition) is 3. The standard InChI is InChI=1S/C14H21N3O4S/c1-21-13-6-5-11(22(16,19)20)8-12(13)17-14(18)9-3-2-4-10(15)7-9/h5-6,8-10H,2-4,7,15H2,1H3,(H,17,18)(H2,16,19,20). The molecule has 22 heavy (non-hydrogen) atoms. The van der Waals surface area contributed by atoms with E-state index in [1.807, 2.05) is 0 Å². The van der Waals surface area contributed by atoms with Crippen molar-refractivity contribution in [3.05, 3.63) is 18.2 Å². The number of nitrogens with one attached hydrogen (secondary N) is 1. The Labute approximate surface area is 130 Å². The van der Waals surface area contributed by atoms with Crippen molar-refractivity contribution in [3.8, 4) is 5.75 Å². The molecule has 0 bridgehead atoms. The normalized spacial score (nSPS) is 22.1. The van der Waals surface area contributed by atoms with E-state index in [1.54, 1.807) is 0 Å². The van der Waals surface area contributed by atoms with Crippen molar-refractivity contribution in [2.24, 2.45) is 16.8 Å². The van der Waals surface area contributed by atoms with Gasteiger partial charge in [0.1, 0.15) is 5.75 Å². The molecule has 1 aromatic rings. The van der Waals surface area contributed by atoms with Crippen LogP contribution in [-0.4, -0.2) is 27.5 Å². The molecule has 5 N–H and O–H groups in total. The van der Waals surface area contributed by atoms with Gasteiger partial charge in [0.2, 0.25) is 15.9 Å². The molecule has 1 aliphatic carbocycles. The molecule has 0 heterocycles. The highest BCUT2D eigenvalue weighted by atomic mass is 32.2. The van der Waals surface area contributed by atoms with E-state index < -0.39 is 10.0 Å². The molecule has 0 radical (unpaired) electrons. The number of ether oxygens (including phenoxy) is 1. The van der Waals surface area contributed by atoms with Crippen LogP contribution in [0.3, 0.4) is 0 Å². The summed E-state index contributed by atoms with van der Waals surface area (Å²) in [6.07, 6.45) is 3.24. The van der Waals surface area contributed by atoms with Gasteiger partial charge < -0.3 is 15.8 Å². The first-order chi connectivity index (χ1) is 10.3. The van der Waals surface area contributed by atoms with Crippen LogP contribution in [0.25, 0.3) is 0 Å². The molecule has 2 rings (SSSR count). The molecule has 1 fully saturated rings. The molecular weight excluding hydrogens is 306 g/mol. The Hall–Kier alpha value is -1.64. The van der Waals surface area contributed by atoms with Gasteiger partial charge in [-0.15, -0.1) is 0 Å². The molecule has 0 aliphatic heterocycles. The van der Waals surface area contributed by atoms with Gasteiger partial charge in [0.15, 0.2) is 0 Å². The van der Waals surface area contributed by atoms with Crippen LogP contribution in [0.1, 0.15) is 25.7 Å². The van der Waals surface area contributed by atoms with Crippen molar-refractivity contribution in [1.82, 2.24) is 0 Å². The van der Waals surface area contributed by atoms with Gasteiger partial charge in [0.25, 0.3) is 0 Å². The highest BCUT2D eigenvalue weighted by Crippen LogP contribution is 2.29. The van der Waals surface area contributed by atoms with Crippen molar-refractivity contribution in [2.45, 2.75) is 36.6 Å². The predicted molar refractivity (Wildman–Crippen MR) is 82.9 cm³/mol. The third-order valence-corrected chi connectivity index (χ3v) is 4.75. The molecule has 2 atom stereocenters. The Morgan fingerprint density at radius 2 is 2.09 bits per heavy atom. The third-order valence-electron chi connectivity index (χ3n) is 3.84. The third kappa shape index (κ3) is 3.96. The first-order valence-corrected chi connectivity index (χ1v) is 8.63. The van der Waals surface area contributed by atoms with Crippen molar-refractivity contribution in [1.29, 1.82) is 0 Å². The van der Waals surface area contributed by atoms with Gasteiger partial charge >= 0.3 is 0 Å². The lowest BCUT2D eigenvalue weighted by atomic mass is 9.85. The lowest BCUT2D eigenvalue weighted by Crippen LogP contribution is -2.34. The second kappa shape index (κ2) is 6.64. The second-order valence-electron chi connectivity index (χ2n) is 5.52. The van der Waals surface area contributed by atoms with Gasteiger partial charge in [-0.05, 0) is 37.5 Å². The summed E-state index contributed by atoms with van der Waals surface area (Å²) in [7, 11) is -2.40. The van der Waals surface area contributed by atoms with Crippen molar-refractivity contribution >= 4 is 21.6 Å². The SMILES string of the molecule is COc1ccc(S(N)(=O)=O)cc1NC(=O)C1CCCC(N)C1. The molecule has 122 valence electrons. The summed E-state index contributed by atoms with van der Waals surface area (Å²) >= 11 is 0. The summed E-state index contributed by atoms with van der Waals surface area (Å²) in [5.41, 5.74) is 6.18. The number of carbonyl (C=O) groups is 1. The molecule has 7 nitrogen and oxygen atoms in total. The monoisotopic (exact) mass is 327 g/mol. The van der Waals surface area contributed by atoms with Crippen LogP contribution >= 0.6 is 0 Å². The zero-order valence-electron chi connectivity index (χ0n) is 12.4. The highest BCUT2D eigenvalue weighted by molar-refractivity contribution is 7.89. The molecule has 1 aromatic carbocycles. The topological polar surface area (TPSA) is 125 Å². The zero-order chi connectivity index (χ0) is 16.3. The summed E-state index contributed by atoms with van der Waals surface area (Å²) in [6, 6.07) is 4.12. The van der Waals surface area contributed by atoms with Crippen molar-refractivity contribution < 1.29 is 17.9 Å². The number of sulfonamides is 1. The van der Waals surface area contributed by atoms with Crippen molar-refractivity contribution in [2.75, 3.05) is 12.4 Å². The van der Waals surface area contributed by atoms with E-state index in [4.69, 9.17) is 15.6 Å². The summed E-state index contributed by atoms with van der Waals surface area (Å²) in [6.45, 7) is 0. The Kier molecular flexibility index (Phi) is 5.05. The predicted octanol–water partition coefficient (Wildman–Crippen LogP) is 0.799. The van der Waals surface area contributed by atoms with E-state index in [9.17, 15) is 13.2 Å². The maximum absolute atomic E-state index is 12.3. The highest BCUT2D eigenvalue weighted by Gasteiger charge is 2.26. The van der Waals surface area contributed by atoms with Crippen LogP contribution in [0, 0.1) is 5.92 Å². The number of benzene rings is 1. The summed E-state index contributed by atoms with van der Waals surface area (Å²) < 4.78 is 28.0. The van der Waals surface area contributed by atoms with E-state index >= 15 is 0 Å². The summed E-state index contributed by atoms with van der Waals surface area (Å²) in [5.74, 6) is 0.0208. The Morgan fingerprint density at radius 1 is 1.36 bits per heavy atom. The Bertz CT molecular complexity index is 660. The van der Waals surface area contributed by atoms with Gasteiger partial charge in [-0.3, -0.25) is 4.79 Å². The lowest BCUT2D eigenvalue weighted by molar-refractivity contribution is -0.120. The number of nitrogens with two attached hydrogens (primary N) is 2. The molecule has 8 heteroatoms. The average Bonchev–Trinajstić information content (AvgIpc) is 2.46. The fourth-order valence-corrected chi connectivity index (χ4v) is 3.20. The maximum atomic E-state index is 12.3. The van der Waals surface area contributed by atoms with Gasteiger partial charge in [-0.2, -0.15) is 0 Å². The van der Waals surface area contributed by atoms with Crippen LogP contribution < -0.4 is 20.9 Å². The van der Waals surface area contributed by atoms with Gasteiger partial charge in [-0.1, -0.05) is 6.42 Å². The molecular formula is C14H21N3O4S. The molecule has 0 saturated heterocycles. The molecule has 1 amide bonds. The fraction of sp³-hybridized carbons (Fsp3) is 0.500. The Morgan fingerprint density at radius 3 is 2.68 bits per heavy atom. The van der Waals surface area contributed by atoms with E-state index in [0.29, 0.717) is 12.2 Å². The van der Waals surface area contributed by atoms with Gasteiger partial charge in [0, 0.05) is 12.0 Å². The molecule has 2 unspecified atom stereocenters. The smallest absolute Gasteiger partial charge is 0.238 e. The number of methoxy groups -OCH3 is 1. The van der Waals surface area contributed by atoms with Crippen LogP contribution in [-0.2, 0) is 14.8 Å². The average molecular weight is 327 g/mol. The first kappa shape index (κ1) is 16.7. The van der Waals surface area contributed by atoms with Crippen LogP contribution in [0.15, 0.2) is 23.1 Å². The second-order valence-corrected chi connectivity index (χ2v) is 7.08. The summed E-state index contributed by atoms with van der Waals surface area (Å²) in [4.78, 5) is 12.3. The van der Waals surface area contributed by atoms with E-state index in [-0.39, 0.29) is 28.4 Å². The lowest BCUT2D eigenvalue weighted by Gasteiger charge is -2.26. The maximum Gasteiger partial charge on any atom is 0.238 e. The fourth-order valence-electron chi connectivity index (χ4n) is 2.66. The first-order valence-electron chi connectivity index (χ1n) is 7.08. The van der Waals surface area contributed by atoms with Crippen LogP contribution in [0.5, 0.6) is 5.75 Å². The molecule has 1 saturated carbocycles. The molecule has 0 spiro atoms. The van der Waals surface area contributed by atoms with Gasteiger partial charge in [0.05, 0.1) is 17.7 Å². The van der Waals surface area contributed by atoms with E-state index in [0.717, 1.165) is 19.3 Å². The summed E-state index contributed by atoms with van der Waals surface area (Å²) in [5, 5.41) is 7.84.